The normalized spacial score (nSPS) is 25.5. The van der Waals surface area contributed by atoms with Crippen molar-refractivity contribution in [1.29, 1.82) is 0 Å². The van der Waals surface area contributed by atoms with Crippen LogP contribution in [0, 0.1) is 5.92 Å². The third-order valence-corrected chi connectivity index (χ3v) is 8.74. The number of carbonyl (C=O) groups excluding carboxylic acids is 1. The molecule has 14 heteroatoms. The highest BCUT2D eigenvalue weighted by atomic mass is 32.2. The van der Waals surface area contributed by atoms with Crippen molar-refractivity contribution >= 4 is 15.7 Å². The first kappa shape index (κ1) is 25.9. The molecule has 1 aromatic carbocycles. The zero-order chi connectivity index (χ0) is 27.2. The topological polar surface area (TPSA) is 103 Å². The molecule has 3 unspecified atom stereocenters. The Balaban J connectivity index is 1.41. The van der Waals surface area contributed by atoms with E-state index in [1.165, 1.54) is 11.0 Å². The Hall–Kier alpha value is -2.77. The Bertz CT molecular complexity index is 1370. The fourth-order valence-corrected chi connectivity index (χ4v) is 5.47. The van der Waals surface area contributed by atoms with E-state index in [4.69, 9.17) is 9.26 Å². The third-order valence-electron chi connectivity index (χ3n) is 7.63. The van der Waals surface area contributed by atoms with E-state index in [9.17, 15) is 35.2 Å². The SMILES string of the molecule is CC(Oc1ccc(S(C)(=O)=O)cc1C(=O)N1CC2CC2(c2noc(C3(C(F)(F)F)CC3)n2)C1)C(C)(F)F. The largest absolute Gasteiger partial charge is 0.484 e. The van der Waals surface area contributed by atoms with Gasteiger partial charge in [0, 0.05) is 26.3 Å². The van der Waals surface area contributed by atoms with Crippen LogP contribution < -0.4 is 4.74 Å². The van der Waals surface area contributed by atoms with Gasteiger partial charge in [-0.15, -0.1) is 0 Å². The van der Waals surface area contributed by atoms with Crippen LogP contribution in [0.2, 0.25) is 0 Å². The molecule has 1 saturated heterocycles. The first-order valence-corrected chi connectivity index (χ1v) is 13.5. The quantitative estimate of drug-likeness (QED) is 0.483. The highest BCUT2D eigenvalue weighted by Crippen LogP contribution is 2.61. The molecule has 0 bridgehead atoms. The van der Waals surface area contributed by atoms with Gasteiger partial charge in [-0.1, -0.05) is 5.16 Å². The summed E-state index contributed by atoms with van der Waals surface area (Å²) < 4.78 is 102. The number of alkyl halides is 5. The van der Waals surface area contributed by atoms with Crippen LogP contribution in [0.15, 0.2) is 27.6 Å². The molecule has 0 radical (unpaired) electrons. The molecular formula is C23H24F5N3O5S. The first-order valence-electron chi connectivity index (χ1n) is 11.6. The van der Waals surface area contributed by atoms with E-state index >= 15 is 0 Å². The zero-order valence-corrected chi connectivity index (χ0v) is 20.9. The van der Waals surface area contributed by atoms with Gasteiger partial charge in [-0.25, -0.2) is 17.2 Å². The van der Waals surface area contributed by atoms with Crippen LogP contribution in [-0.2, 0) is 20.7 Å². The number of ether oxygens (including phenoxy) is 1. The third kappa shape index (κ3) is 4.26. The zero-order valence-electron chi connectivity index (χ0n) is 20.1. The second kappa shape index (κ2) is 7.87. The highest BCUT2D eigenvalue weighted by Gasteiger charge is 2.70. The standard InChI is InChI=1S/C23H24F5N3O5S/c1-12(20(2,24)25)35-16-5-4-14(37(3,33)34)8-15(16)17(32)31-10-13-9-21(13,11-31)18-29-19(36-30-18)22(6-7-22)23(26,27)28/h4-5,8,12-13H,6-7,9-11H2,1-3H3. The van der Waals surface area contributed by atoms with Gasteiger partial charge in [0.15, 0.2) is 21.8 Å². The molecule has 5 rings (SSSR count). The highest BCUT2D eigenvalue weighted by molar-refractivity contribution is 7.90. The number of nitrogens with zero attached hydrogens (tertiary/aromatic N) is 3. The van der Waals surface area contributed by atoms with Gasteiger partial charge in [0.25, 0.3) is 11.8 Å². The number of amides is 1. The molecule has 0 N–H and O–H groups in total. The molecule has 2 aliphatic carbocycles. The molecule has 3 aliphatic rings. The molecule has 3 fully saturated rings. The van der Waals surface area contributed by atoms with Crippen molar-refractivity contribution in [3.8, 4) is 5.75 Å². The number of fused-ring (bicyclic) bond motifs is 1. The van der Waals surface area contributed by atoms with Gasteiger partial charge < -0.3 is 14.2 Å². The van der Waals surface area contributed by atoms with Gasteiger partial charge >= 0.3 is 6.18 Å². The second-order valence-corrected chi connectivity index (χ2v) is 12.4. The number of carbonyl (C=O) groups is 1. The van der Waals surface area contributed by atoms with E-state index in [2.05, 4.69) is 10.1 Å². The molecule has 2 aromatic rings. The van der Waals surface area contributed by atoms with Crippen molar-refractivity contribution in [1.82, 2.24) is 15.0 Å². The average Bonchev–Trinajstić information content (AvgIpc) is 3.63. The van der Waals surface area contributed by atoms with Gasteiger partial charge in [-0.3, -0.25) is 4.79 Å². The van der Waals surface area contributed by atoms with Crippen molar-refractivity contribution in [2.24, 2.45) is 5.92 Å². The maximum Gasteiger partial charge on any atom is 0.403 e. The van der Waals surface area contributed by atoms with E-state index in [0.29, 0.717) is 13.3 Å². The monoisotopic (exact) mass is 549 g/mol. The number of likely N-dealkylation sites (tertiary alicyclic amines) is 1. The summed E-state index contributed by atoms with van der Waals surface area (Å²) in [5.74, 6) is -4.62. The van der Waals surface area contributed by atoms with Crippen LogP contribution in [0.1, 0.15) is 55.2 Å². The van der Waals surface area contributed by atoms with E-state index in [1.54, 1.807) is 0 Å². The Kier molecular flexibility index (Phi) is 5.50. The van der Waals surface area contributed by atoms with Gasteiger partial charge in [0.1, 0.15) is 11.2 Å². The number of rotatable bonds is 7. The minimum atomic E-state index is -4.51. The lowest BCUT2D eigenvalue weighted by Gasteiger charge is -2.25. The molecular weight excluding hydrogens is 525 g/mol. The predicted molar refractivity (Wildman–Crippen MR) is 117 cm³/mol. The molecule has 37 heavy (non-hydrogen) atoms. The lowest BCUT2D eigenvalue weighted by Crippen LogP contribution is -2.35. The van der Waals surface area contributed by atoms with Crippen LogP contribution in [0.3, 0.4) is 0 Å². The van der Waals surface area contributed by atoms with Gasteiger partial charge in [-0.05, 0) is 50.3 Å². The van der Waals surface area contributed by atoms with Crippen molar-refractivity contribution < 1.29 is 44.4 Å². The van der Waals surface area contributed by atoms with Gasteiger partial charge in [0.05, 0.1) is 15.9 Å². The number of sulfone groups is 1. The number of halogens is 5. The van der Waals surface area contributed by atoms with Crippen LogP contribution in [-0.4, -0.2) is 66.9 Å². The van der Waals surface area contributed by atoms with E-state index < -0.39 is 50.7 Å². The van der Waals surface area contributed by atoms with Crippen LogP contribution in [0.5, 0.6) is 5.75 Å². The second-order valence-electron chi connectivity index (χ2n) is 10.4. The number of hydrogen-bond donors (Lipinski definition) is 0. The lowest BCUT2D eigenvalue weighted by molar-refractivity contribution is -0.166. The fourth-order valence-electron chi connectivity index (χ4n) is 4.82. The minimum absolute atomic E-state index is 0.0521. The maximum absolute atomic E-state index is 13.8. The predicted octanol–water partition coefficient (Wildman–Crippen LogP) is 3.90. The van der Waals surface area contributed by atoms with E-state index in [1.807, 2.05) is 0 Å². The minimum Gasteiger partial charge on any atom is -0.484 e. The summed E-state index contributed by atoms with van der Waals surface area (Å²) in [5, 5.41) is 3.82. The van der Waals surface area contributed by atoms with Gasteiger partial charge in [-0.2, -0.15) is 18.2 Å². The molecule has 1 aromatic heterocycles. The number of piperidine rings is 1. The fraction of sp³-hybridized carbons (Fsp3) is 0.609. The van der Waals surface area contributed by atoms with Crippen molar-refractivity contribution in [3.63, 3.8) is 0 Å². The van der Waals surface area contributed by atoms with Crippen LogP contribution in [0.25, 0.3) is 0 Å². The Morgan fingerprint density at radius 1 is 1.24 bits per heavy atom. The summed E-state index contributed by atoms with van der Waals surface area (Å²) in [6, 6.07) is 3.41. The molecule has 2 saturated carbocycles. The van der Waals surface area contributed by atoms with Gasteiger partial charge in [0.2, 0.25) is 5.89 Å². The molecule has 1 amide bonds. The molecule has 3 atom stereocenters. The average molecular weight is 550 g/mol. The summed E-state index contributed by atoms with van der Waals surface area (Å²) in [7, 11) is -3.73. The van der Waals surface area contributed by atoms with Crippen molar-refractivity contribution in [2.45, 2.75) is 67.0 Å². The Labute approximate surface area is 209 Å². The summed E-state index contributed by atoms with van der Waals surface area (Å²) in [5.41, 5.74) is -3.11. The molecule has 8 nitrogen and oxygen atoms in total. The number of benzene rings is 1. The summed E-state index contributed by atoms with van der Waals surface area (Å²) >= 11 is 0. The lowest BCUT2D eigenvalue weighted by atomic mass is 10.0. The van der Waals surface area contributed by atoms with Crippen LogP contribution >= 0.6 is 0 Å². The number of hydrogen-bond acceptors (Lipinski definition) is 7. The Morgan fingerprint density at radius 2 is 1.92 bits per heavy atom. The van der Waals surface area contributed by atoms with E-state index in [0.717, 1.165) is 25.3 Å². The summed E-state index contributed by atoms with van der Waals surface area (Å²) in [6.45, 7) is 2.04. The molecule has 0 spiro atoms. The smallest absolute Gasteiger partial charge is 0.403 e. The molecule has 1 aliphatic heterocycles. The maximum atomic E-state index is 13.8. The van der Waals surface area contributed by atoms with E-state index in [-0.39, 0.29) is 53.9 Å². The molecule has 202 valence electrons. The molecule has 2 heterocycles. The van der Waals surface area contributed by atoms with Crippen LogP contribution in [0.4, 0.5) is 22.0 Å². The van der Waals surface area contributed by atoms with Crippen molar-refractivity contribution in [2.75, 3.05) is 19.3 Å². The van der Waals surface area contributed by atoms with Crippen molar-refractivity contribution in [3.05, 3.63) is 35.5 Å². The Morgan fingerprint density at radius 3 is 2.49 bits per heavy atom. The summed E-state index contributed by atoms with van der Waals surface area (Å²) in [4.78, 5) is 18.7. The number of aromatic nitrogens is 2. The first-order chi connectivity index (χ1) is 17.0. The summed E-state index contributed by atoms with van der Waals surface area (Å²) in [6.07, 6.45) is -4.89.